The summed E-state index contributed by atoms with van der Waals surface area (Å²) in [5, 5.41) is 14.6. The highest BCUT2D eigenvalue weighted by atomic mass is 19.2. The van der Waals surface area contributed by atoms with Gasteiger partial charge in [-0.2, -0.15) is 5.10 Å². The van der Waals surface area contributed by atoms with Gasteiger partial charge in [-0.05, 0) is 30.7 Å². The van der Waals surface area contributed by atoms with Crippen molar-refractivity contribution in [3.8, 4) is 0 Å². The number of aliphatic hydroxyl groups is 1. The summed E-state index contributed by atoms with van der Waals surface area (Å²) >= 11 is 0. The van der Waals surface area contributed by atoms with Crippen LogP contribution in [0.1, 0.15) is 24.4 Å². The van der Waals surface area contributed by atoms with Crippen molar-refractivity contribution in [3.05, 3.63) is 48.1 Å². The lowest BCUT2D eigenvalue weighted by Crippen LogP contribution is -2.36. The summed E-state index contributed by atoms with van der Waals surface area (Å²) in [5.74, 6) is -1.64. The Morgan fingerprint density at radius 2 is 2.00 bits per heavy atom. The number of hydrogen-bond acceptors (Lipinski definition) is 4. The number of hydrogen-bond donors (Lipinski definition) is 1. The Morgan fingerprint density at radius 1 is 1.23 bits per heavy atom. The first kappa shape index (κ1) is 17.1. The number of halogens is 2. The van der Waals surface area contributed by atoms with Crippen LogP contribution < -0.4 is 0 Å². The number of aromatic nitrogens is 3. The number of rotatable bonds is 3. The molecule has 1 saturated carbocycles. The molecule has 1 N–H and O–H groups in total. The van der Waals surface area contributed by atoms with Crippen LogP contribution in [0.5, 0.6) is 0 Å². The van der Waals surface area contributed by atoms with Crippen LogP contribution in [-0.2, 0) is 11.2 Å². The Bertz CT molecular complexity index is 798. The van der Waals surface area contributed by atoms with E-state index in [0.717, 1.165) is 6.07 Å². The van der Waals surface area contributed by atoms with E-state index in [4.69, 9.17) is 0 Å². The first-order valence-corrected chi connectivity index (χ1v) is 8.75. The molecule has 1 aliphatic heterocycles. The number of nitrogens with zero attached hydrogens (tertiary/aromatic N) is 4. The summed E-state index contributed by atoms with van der Waals surface area (Å²) in [4.78, 5) is 18.2. The second kappa shape index (κ2) is 6.75. The van der Waals surface area contributed by atoms with E-state index in [1.54, 1.807) is 15.9 Å². The summed E-state index contributed by atoms with van der Waals surface area (Å²) in [6, 6.07) is 3.74. The van der Waals surface area contributed by atoms with Crippen molar-refractivity contribution in [1.82, 2.24) is 19.7 Å². The second-order valence-corrected chi connectivity index (χ2v) is 7.19. The van der Waals surface area contributed by atoms with Crippen LogP contribution in [0.25, 0.3) is 0 Å². The summed E-state index contributed by atoms with van der Waals surface area (Å²) in [5.41, 5.74) is 0.0744. The van der Waals surface area contributed by atoms with E-state index in [-0.39, 0.29) is 35.8 Å². The molecule has 6 nitrogen and oxygen atoms in total. The van der Waals surface area contributed by atoms with Crippen molar-refractivity contribution >= 4 is 5.91 Å². The van der Waals surface area contributed by atoms with Gasteiger partial charge in [-0.1, -0.05) is 12.1 Å². The largest absolute Gasteiger partial charge is 0.391 e. The van der Waals surface area contributed by atoms with Gasteiger partial charge in [-0.25, -0.2) is 18.4 Å². The van der Waals surface area contributed by atoms with E-state index in [1.807, 2.05) is 0 Å². The summed E-state index contributed by atoms with van der Waals surface area (Å²) < 4.78 is 28.8. The predicted molar refractivity (Wildman–Crippen MR) is 87.9 cm³/mol. The minimum Gasteiger partial charge on any atom is -0.391 e. The van der Waals surface area contributed by atoms with E-state index in [0.29, 0.717) is 25.9 Å². The van der Waals surface area contributed by atoms with Crippen LogP contribution in [0.15, 0.2) is 30.9 Å². The van der Waals surface area contributed by atoms with E-state index in [9.17, 15) is 18.7 Å². The molecule has 1 aromatic carbocycles. The lowest BCUT2D eigenvalue weighted by atomic mass is 9.77. The van der Waals surface area contributed by atoms with Gasteiger partial charge in [0.25, 0.3) is 0 Å². The highest BCUT2D eigenvalue weighted by Gasteiger charge is 2.43. The molecule has 4 rings (SSSR count). The Morgan fingerprint density at radius 3 is 2.73 bits per heavy atom. The lowest BCUT2D eigenvalue weighted by molar-refractivity contribution is -0.129. The lowest BCUT2D eigenvalue weighted by Gasteiger charge is -2.34. The molecule has 2 aliphatic rings. The third-order valence-corrected chi connectivity index (χ3v) is 5.61. The fraction of sp³-hybridized carbons (Fsp3) is 0.500. The summed E-state index contributed by atoms with van der Waals surface area (Å²) in [6.07, 6.45) is 3.66. The minimum absolute atomic E-state index is 0.0744. The fourth-order valence-electron chi connectivity index (χ4n) is 4.24. The highest BCUT2D eigenvalue weighted by Crippen LogP contribution is 2.41. The van der Waals surface area contributed by atoms with Crippen molar-refractivity contribution in [2.24, 2.45) is 11.8 Å². The van der Waals surface area contributed by atoms with Crippen LogP contribution in [-0.4, -0.2) is 49.9 Å². The van der Waals surface area contributed by atoms with Crippen molar-refractivity contribution in [1.29, 1.82) is 0 Å². The molecule has 1 amide bonds. The van der Waals surface area contributed by atoms with Crippen LogP contribution in [0.4, 0.5) is 8.78 Å². The third-order valence-electron chi connectivity index (χ3n) is 5.61. The van der Waals surface area contributed by atoms with Gasteiger partial charge in [0.15, 0.2) is 11.6 Å². The molecule has 138 valence electrons. The van der Waals surface area contributed by atoms with Gasteiger partial charge in [0, 0.05) is 18.7 Å². The number of likely N-dealkylation sites (tertiary alicyclic amines) is 1. The van der Waals surface area contributed by atoms with Crippen molar-refractivity contribution in [3.63, 3.8) is 0 Å². The molecule has 1 aromatic heterocycles. The molecule has 0 bridgehead atoms. The molecule has 2 heterocycles. The summed E-state index contributed by atoms with van der Waals surface area (Å²) in [6.45, 7) is 1.11. The monoisotopic (exact) mass is 362 g/mol. The first-order chi connectivity index (χ1) is 12.5. The Labute approximate surface area is 149 Å². The van der Waals surface area contributed by atoms with Gasteiger partial charge in [-0.15, -0.1) is 0 Å². The predicted octanol–water partition coefficient (Wildman–Crippen LogP) is 1.57. The van der Waals surface area contributed by atoms with Gasteiger partial charge >= 0.3 is 0 Å². The maximum atomic E-state index is 13.8. The molecule has 8 heteroatoms. The van der Waals surface area contributed by atoms with Crippen molar-refractivity contribution < 1.29 is 18.7 Å². The molecule has 2 fully saturated rings. The zero-order valence-electron chi connectivity index (χ0n) is 14.1. The molecule has 26 heavy (non-hydrogen) atoms. The Kier molecular flexibility index (Phi) is 4.44. The first-order valence-electron chi connectivity index (χ1n) is 8.75. The zero-order valence-corrected chi connectivity index (χ0v) is 14.1. The van der Waals surface area contributed by atoms with E-state index >= 15 is 0 Å². The maximum absolute atomic E-state index is 13.8. The quantitative estimate of drug-likeness (QED) is 0.900. The van der Waals surface area contributed by atoms with E-state index in [2.05, 4.69) is 10.1 Å². The molecular weight excluding hydrogens is 342 g/mol. The number of carbonyl (C=O) groups is 1. The Hall–Kier alpha value is -2.35. The number of amides is 1. The molecule has 1 saturated heterocycles. The molecule has 4 atom stereocenters. The normalized spacial score (nSPS) is 28.2. The van der Waals surface area contributed by atoms with Crippen molar-refractivity contribution in [2.75, 3.05) is 13.1 Å². The number of carbonyl (C=O) groups excluding carboxylic acids is 1. The van der Waals surface area contributed by atoms with Crippen LogP contribution in [0.3, 0.4) is 0 Å². The van der Waals surface area contributed by atoms with Gasteiger partial charge < -0.3 is 10.0 Å². The van der Waals surface area contributed by atoms with Crippen molar-refractivity contribution in [2.45, 2.75) is 31.4 Å². The fourth-order valence-corrected chi connectivity index (χ4v) is 4.24. The molecule has 1 aliphatic carbocycles. The smallest absolute Gasteiger partial charge is 0.227 e. The Balaban J connectivity index is 1.43. The second-order valence-electron chi connectivity index (χ2n) is 7.19. The molecule has 2 aromatic rings. The van der Waals surface area contributed by atoms with Gasteiger partial charge in [0.05, 0.1) is 18.6 Å². The van der Waals surface area contributed by atoms with Gasteiger partial charge in [-0.3, -0.25) is 4.79 Å². The molecule has 0 radical (unpaired) electrons. The molecule has 0 spiro atoms. The standard InChI is InChI=1S/C18H20F2N4O2/c19-14-3-1-2-11(18(14)20)6-17(26)23-7-12-4-15(24-10-21-9-22-24)16(25)5-13(12)8-23/h1-3,9-10,12-13,15-16,25H,4-8H2/t12-,13+,15-,16-/m1/s1. The number of aliphatic hydroxyl groups excluding tert-OH is 1. The average Bonchev–Trinajstić information content (AvgIpc) is 3.27. The molecular formula is C18H20F2N4O2. The number of benzene rings is 1. The summed E-state index contributed by atoms with van der Waals surface area (Å²) in [7, 11) is 0. The average molecular weight is 362 g/mol. The third kappa shape index (κ3) is 3.09. The van der Waals surface area contributed by atoms with Gasteiger partial charge in [0.2, 0.25) is 5.91 Å². The zero-order chi connectivity index (χ0) is 18.3. The van der Waals surface area contributed by atoms with Crippen LogP contribution in [0.2, 0.25) is 0 Å². The minimum atomic E-state index is -0.959. The van der Waals surface area contributed by atoms with Gasteiger partial charge in [0.1, 0.15) is 12.7 Å². The van der Waals surface area contributed by atoms with E-state index < -0.39 is 17.7 Å². The number of fused-ring (bicyclic) bond motifs is 1. The van der Waals surface area contributed by atoms with E-state index in [1.165, 1.54) is 18.5 Å². The SMILES string of the molecule is O=C(Cc1cccc(F)c1F)N1C[C@H]2C[C@@H](n3cncn3)[C@H](O)C[C@H]2C1. The van der Waals surface area contributed by atoms with Crippen LogP contribution in [0, 0.1) is 23.5 Å². The van der Waals surface area contributed by atoms with Crippen LogP contribution >= 0.6 is 0 Å². The highest BCUT2D eigenvalue weighted by molar-refractivity contribution is 5.79. The molecule has 0 unspecified atom stereocenters. The topological polar surface area (TPSA) is 71.2 Å². The maximum Gasteiger partial charge on any atom is 0.227 e.